The van der Waals surface area contributed by atoms with E-state index in [0.717, 1.165) is 83.5 Å². The van der Waals surface area contributed by atoms with Gasteiger partial charge in [-0.25, -0.2) is 0 Å². The predicted octanol–water partition coefficient (Wildman–Crippen LogP) is 18.0. The van der Waals surface area contributed by atoms with Crippen molar-refractivity contribution < 1.29 is 4.42 Å². The van der Waals surface area contributed by atoms with Crippen LogP contribution in [0.15, 0.2) is 259 Å². The van der Waals surface area contributed by atoms with Crippen LogP contribution in [-0.2, 0) is 0 Å². The summed E-state index contributed by atoms with van der Waals surface area (Å²) in [7, 11) is 0. The number of hydrogen-bond acceptors (Lipinski definition) is 2. The van der Waals surface area contributed by atoms with Crippen LogP contribution < -0.4 is 4.90 Å². The summed E-state index contributed by atoms with van der Waals surface area (Å²) < 4.78 is 9.25. The monoisotopic (exact) mass is 854 g/mol. The third-order valence-corrected chi connectivity index (χ3v) is 13.4. The van der Waals surface area contributed by atoms with Crippen LogP contribution in [0.4, 0.5) is 17.1 Å². The molecular weight excluding hydrogens is 813 g/mol. The molecule has 2 aromatic heterocycles. The van der Waals surface area contributed by atoms with E-state index >= 15 is 0 Å². The highest BCUT2D eigenvalue weighted by atomic mass is 16.3. The number of nitrogens with zero attached hydrogens (tertiary/aromatic N) is 2. The van der Waals surface area contributed by atoms with Gasteiger partial charge in [0.2, 0.25) is 0 Å². The minimum Gasteiger partial charge on any atom is -0.455 e. The lowest BCUT2D eigenvalue weighted by Gasteiger charge is -2.29. The fourth-order valence-electron chi connectivity index (χ4n) is 10.2. The van der Waals surface area contributed by atoms with E-state index in [9.17, 15) is 0 Å². The Kier molecular flexibility index (Phi) is 9.17. The standard InChI is InChI=1S/C64H42N2O/c1-3-16-43(17-4-1)48-35-39-62(59(42-48)45-18-5-2-6-19-45)65(51-23-14-22-49(41-51)54-28-15-29-57-58-38-34-46-20-7-8-25-53(46)63(58)67-64(54)57)50-36-32-44(33-37-50)47-21-13-24-52(40-47)66-60-30-11-9-26-55(60)56-27-10-12-31-61(56)66/h1-42H. The number of furan rings is 1. The first-order valence-corrected chi connectivity index (χ1v) is 22.9. The molecular formula is C64H42N2O. The van der Waals surface area contributed by atoms with Gasteiger partial charge in [0.05, 0.1) is 16.7 Å². The Morgan fingerprint density at radius 1 is 0.299 bits per heavy atom. The molecule has 13 rings (SSSR count). The fraction of sp³-hybridized carbons (Fsp3) is 0. The zero-order valence-electron chi connectivity index (χ0n) is 36.6. The largest absolute Gasteiger partial charge is 0.455 e. The van der Waals surface area contributed by atoms with Gasteiger partial charge >= 0.3 is 0 Å². The first-order valence-electron chi connectivity index (χ1n) is 22.9. The summed E-state index contributed by atoms with van der Waals surface area (Å²) in [6, 6.07) is 91.9. The summed E-state index contributed by atoms with van der Waals surface area (Å²) in [5.41, 5.74) is 17.6. The van der Waals surface area contributed by atoms with Gasteiger partial charge in [-0.2, -0.15) is 0 Å². The molecule has 13 aromatic rings. The Balaban J connectivity index is 0.967. The summed E-state index contributed by atoms with van der Waals surface area (Å²) >= 11 is 0. The van der Waals surface area contributed by atoms with Crippen LogP contribution in [0.3, 0.4) is 0 Å². The van der Waals surface area contributed by atoms with Gasteiger partial charge in [-0.1, -0.05) is 188 Å². The van der Waals surface area contributed by atoms with Crippen molar-refractivity contribution in [3.63, 3.8) is 0 Å². The molecule has 0 amide bonds. The second kappa shape index (κ2) is 16.0. The number of aromatic nitrogens is 1. The zero-order chi connectivity index (χ0) is 44.3. The first-order chi connectivity index (χ1) is 33.2. The Morgan fingerprint density at radius 3 is 1.64 bits per heavy atom. The van der Waals surface area contributed by atoms with Crippen LogP contribution in [0, 0.1) is 0 Å². The Hall–Kier alpha value is -8.92. The first kappa shape index (κ1) is 38.5. The number of rotatable bonds is 8. The summed E-state index contributed by atoms with van der Waals surface area (Å²) in [4.78, 5) is 2.41. The van der Waals surface area contributed by atoms with Crippen LogP contribution >= 0.6 is 0 Å². The highest BCUT2D eigenvalue weighted by molar-refractivity contribution is 6.17. The molecule has 314 valence electrons. The van der Waals surface area contributed by atoms with Gasteiger partial charge in [0.15, 0.2) is 0 Å². The minimum absolute atomic E-state index is 0.891. The minimum atomic E-state index is 0.891. The molecule has 67 heavy (non-hydrogen) atoms. The molecule has 11 aromatic carbocycles. The van der Waals surface area contributed by atoms with Gasteiger partial charge in [0.25, 0.3) is 0 Å². The van der Waals surface area contributed by atoms with E-state index in [1.54, 1.807) is 0 Å². The van der Waals surface area contributed by atoms with Crippen molar-refractivity contribution in [1.29, 1.82) is 0 Å². The third-order valence-electron chi connectivity index (χ3n) is 13.4. The molecule has 2 heterocycles. The molecule has 0 aliphatic carbocycles. The van der Waals surface area contributed by atoms with Crippen molar-refractivity contribution in [2.45, 2.75) is 0 Å². The average Bonchev–Trinajstić information content (AvgIpc) is 3.96. The van der Waals surface area contributed by atoms with Crippen LogP contribution in [-0.4, -0.2) is 4.57 Å². The van der Waals surface area contributed by atoms with E-state index in [2.05, 4.69) is 264 Å². The summed E-state index contributed by atoms with van der Waals surface area (Å²) in [5.74, 6) is 0. The Bertz CT molecular complexity index is 3920. The number of hydrogen-bond donors (Lipinski definition) is 0. The lowest BCUT2D eigenvalue weighted by atomic mass is 9.95. The SMILES string of the molecule is c1ccc(-c2ccc(N(c3ccc(-c4cccc(-n5c6ccccc6c6ccccc65)c4)cc3)c3cccc(-c4cccc5c4oc4c6ccccc6ccc54)c3)c(-c3ccccc3)c2)cc1. The van der Waals surface area contributed by atoms with E-state index in [1.807, 2.05) is 0 Å². The number of fused-ring (bicyclic) bond motifs is 8. The fourth-order valence-corrected chi connectivity index (χ4v) is 10.2. The van der Waals surface area contributed by atoms with Crippen LogP contribution in [0.1, 0.15) is 0 Å². The van der Waals surface area contributed by atoms with Crippen LogP contribution in [0.5, 0.6) is 0 Å². The van der Waals surface area contributed by atoms with Gasteiger partial charge in [-0.05, 0) is 105 Å². The van der Waals surface area contributed by atoms with Crippen LogP contribution in [0.25, 0.3) is 105 Å². The second-order valence-corrected chi connectivity index (χ2v) is 17.3. The maximum absolute atomic E-state index is 6.87. The molecule has 0 saturated heterocycles. The summed E-state index contributed by atoms with van der Waals surface area (Å²) in [6.07, 6.45) is 0. The predicted molar refractivity (Wildman–Crippen MR) is 282 cm³/mol. The highest BCUT2D eigenvalue weighted by Crippen LogP contribution is 2.45. The molecule has 0 N–H and O–H groups in total. The van der Waals surface area contributed by atoms with Crippen molar-refractivity contribution in [1.82, 2.24) is 4.57 Å². The van der Waals surface area contributed by atoms with Crippen molar-refractivity contribution in [2.75, 3.05) is 4.90 Å². The molecule has 3 heteroatoms. The molecule has 0 spiro atoms. The van der Waals surface area contributed by atoms with Crippen molar-refractivity contribution >= 4 is 71.6 Å². The molecule has 3 nitrogen and oxygen atoms in total. The van der Waals surface area contributed by atoms with Crippen LogP contribution in [0.2, 0.25) is 0 Å². The number of anilines is 3. The molecule has 0 saturated carbocycles. The zero-order valence-corrected chi connectivity index (χ0v) is 36.6. The maximum Gasteiger partial charge on any atom is 0.143 e. The van der Waals surface area contributed by atoms with E-state index < -0.39 is 0 Å². The molecule has 0 fully saturated rings. The Morgan fingerprint density at radius 2 is 0.866 bits per heavy atom. The topological polar surface area (TPSA) is 21.3 Å². The lowest BCUT2D eigenvalue weighted by Crippen LogP contribution is -2.11. The summed E-state index contributed by atoms with van der Waals surface area (Å²) in [5, 5.41) is 7.04. The van der Waals surface area contributed by atoms with Gasteiger partial charge in [-0.3, -0.25) is 0 Å². The van der Waals surface area contributed by atoms with Gasteiger partial charge in [0, 0.05) is 55.1 Å². The molecule has 0 radical (unpaired) electrons. The lowest BCUT2D eigenvalue weighted by molar-refractivity contribution is 0.674. The highest BCUT2D eigenvalue weighted by Gasteiger charge is 2.21. The molecule has 0 aliphatic rings. The molecule has 0 bridgehead atoms. The normalized spacial score (nSPS) is 11.6. The van der Waals surface area contributed by atoms with E-state index in [-0.39, 0.29) is 0 Å². The summed E-state index contributed by atoms with van der Waals surface area (Å²) in [6.45, 7) is 0. The Labute approximate surface area is 388 Å². The quantitative estimate of drug-likeness (QED) is 0.152. The maximum atomic E-state index is 6.87. The van der Waals surface area contributed by atoms with E-state index in [1.165, 1.54) is 38.3 Å². The van der Waals surface area contributed by atoms with Crippen molar-refractivity contribution in [3.8, 4) is 50.2 Å². The third kappa shape index (κ3) is 6.59. The smallest absolute Gasteiger partial charge is 0.143 e. The van der Waals surface area contributed by atoms with Gasteiger partial charge in [-0.15, -0.1) is 0 Å². The van der Waals surface area contributed by atoms with E-state index in [0.29, 0.717) is 0 Å². The van der Waals surface area contributed by atoms with Gasteiger partial charge < -0.3 is 13.9 Å². The molecule has 0 atom stereocenters. The van der Waals surface area contributed by atoms with Gasteiger partial charge in [0.1, 0.15) is 11.2 Å². The van der Waals surface area contributed by atoms with E-state index in [4.69, 9.17) is 4.42 Å². The van der Waals surface area contributed by atoms with Crippen molar-refractivity contribution in [3.05, 3.63) is 255 Å². The molecule has 0 unspecified atom stereocenters. The second-order valence-electron chi connectivity index (χ2n) is 17.3. The number of para-hydroxylation sites is 3. The van der Waals surface area contributed by atoms with Crippen molar-refractivity contribution in [2.24, 2.45) is 0 Å². The molecule has 0 aliphatic heterocycles. The number of benzene rings is 11. The average molecular weight is 855 g/mol.